The van der Waals surface area contributed by atoms with Crippen LogP contribution in [0.2, 0.25) is 0 Å². The van der Waals surface area contributed by atoms with Gasteiger partial charge in [-0.25, -0.2) is 4.39 Å². The second-order valence-electron chi connectivity index (χ2n) is 12.8. The molecule has 0 spiro atoms. The number of methoxy groups -OCH3 is 1. The fraction of sp³-hybridized carbons (Fsp3) is 0.562. The molecule has 1 N–H and O–H groups in total. The van der Waals surface area contributed by atoms with E-state index in [1.54, 1.807) is 29.9 Å². The van der Waals surface area contributed by atoms with E-state index in [-0.39, 0.29) is 48.9 Å². The average Bonchev–Trinajstić information content (AvgIpc) is 3.59. The fourth-order valence-electron chi connectivity index (χ4n) is 7.00. The summed E-state index contributed by atoms with van der Waals surface area (Å²) < 4.78 is 69.3. The van der Waals surface area contributed by atoms with Crippen molar-refractivity contribution in [2.45, 2.75) is 51.1 Å². The molecule has 254 valence electrons. The van der Waals surface area contributed by atoms with Crippen molar-refractivity contribution in [3.63, 3.8) is 0 Å². The van der Waals surface area contributed by atoms with E-state index < -0.39 is 17.4 Å². The minimum absolute atomic E-state index is 0.0676. The van der Waals surface area contributed by atoms with Crippen molar-refractivity contribution >= 4 is 28.3 Å². The molecular weight excluding hydrogens is 620 g/mol. The van der Waals surface area contributed by atoms with E-state index in [2.05, 4.69) is 15.1 Å². The quantitative estimate of drug-likeness (QED) is 0.285. The van der Waals surface area contributed by atoms with Gasteiger partial charge in [0.05, 0.1) is 41.8 Å². The maximum atomic E-state index is 14.7. The second kappa shape index (κ2) is 12.9. The van der Waals surface area contributed by atoms with Crippen LogP contribution in [0.4, 0.5) is 29.1 Å². The fourth-order valence-corrected chi connectivity index (χ4v) is 7.00. The number of anilines is 2. The minimum Gasteiger partial charge on any atom is -0.462 e. The van der Waals surface area contributed by atoms with Crippen molar-refractivity contribution in [1.29, 1.82) is 0 Å². The lowest BCUT2D eigenvalue weighted by molar-refractivity contribution is -0.137. The summed E-state index contributed by atoms with van der Waals surface area (Å²) in [6.45, 7) is 6.18. The number of likely N-dealkylation sites (N-methyl/N-ethyl adjacent to an activating group) is 1. The van der Waals surface area contributed by atoms with E-state index in [0.717, 1.165) is 5.56 Å². The number of aryl methyl sites for hydroxylation is 1. The first kappa shape index (κ1) is 32.9. The van der Waals surface area contributed by atoms with Crippen molar-refractivity contribution in [1.82, 2.24) is 30.0 Å². The van der Waals surface area contributed by atoms with E-state index in [1.807, 2.05) is 11.9 Å². The van der Waals surface area contributed by atoms with Gasteiger partial charge in [0.1, 0.15) is 18.1 Å². The molecule has 3 aromatic rings. The number of alkyl halides is 4. The van der Waals surface area contributed by atoms with Gasteiger partial charge in [-0.1, -0.05) is 6.08 Å². The zero-order chi connectivity index (χ0) is 33.5. The Bertz CT molecular complexity index is 1650. The Morgan fingerprint density at radius 2 is 1.94 bits per heavy atom. The number of benzene rings is 1. The summed E-state index contributed by atoms with van der Waals surface area (Å²) in [5, 5.41) is 7.23. The largest absolute Gasteiger partial charge is 0.462 e. The summed E-state index contributed by atoms with van der Waals surface area (Å²) in [4.78, 5) is 29.6. The minimum atomic E-state index is -4.58. The molecule has 0 saturated carbocycles. The number of likely N-dealkylation sites (tertiary alicyclic amines) is 1. The number of hydrogen-bond donors (Lipinski definition) is 1. The van der Waals surface area contributed by atoms with Crippen LogP contribution in [-0.4, -0.2) is 114 Å². The number of aromatic amines is 1. The predicted octanol–water partition coefficient (Wildman–Crippen LogP) is 3.91. The summed E-state index contributed by atoms with van der Waals surface area (Å²) >= 11 is 0. The number of halogens is 4. The van der Waals surface area contributed by atoms with Crippen LogP contribution in [0.5, 0.6) is 6.01 Å². The van der Waals surface area contributed by atoms with Gasteiger partial charge in [-0.2, -0.15) is 28.2 Å². The van der Waals surface area contributed by atoms with Crippen LogP contribution >= 0.6 is 0 Å². The Kier molecular flexibility index (Phi) is 9.04. The second-order valence-corrected chi connectivity index (χ2v) is 12.8. The number of nitrogens with zero attached hydrogens (tertiary/aromatic N) is 7. The lowest BCUT2D eigenvalue weighted by Gasteiger charge is -2.38. The van der Waals surface area contributed by atoms with Crippen LogP contribution in [0.25, 0.3) is 10.9 Å². The molecule has 15 heteroatoms. The van der Waals surface area contributed by atoms with Crippen LogP contribution in [0.3, 0.4) is 0 Å². The van der Waals surface area contributed by atoms with Crippen molar-refractivity contribution < 1.29 is 31.8 Å². The molecule has 0 radical (unpaired) electrons. The highest BCUT2D eigenvalue weighted by molar-refractivity contribution is 5.95. The lowest BCUT2D eigenvalue weighted by atomic mass is 9.98. The molecule has 3 aliphatic rings. The Hall–Kier alpha value is -3.98. The van der Waals surface area contributed by atoms with E-state index in [0.29, 0.717) is 74.6 Å². The van der Waals surface area contributed by atoms with Crippen molar-refractivity contribution in [2.75, 3.05) is 76.4 Å². The predicted molar refractivity (Wildman–Crippen MR) is 168 cm³/mol. The van der Waals surface area contributed by atoms with Gasteiger partial charge in [0, 0.05) is 75.9 Å². The molecule has 3 aliphatic heterocycles. The molecule has 2 fully saturated rings. The van der Waals surface area contributed by atoms with E-state index in [1.165, 1.54) is 25.3 Å². The first-order valence-corrected chi connectivity index (χ1v) is 15.7. The summed E-state index contributed by atoms with van der Waals surface area (Å²) in [7, 11) is 3.41. The third-order valence-corrected chi connectivity index (χ3v) is 9.22. The van der Waals surface area contributed by atoms with Crippen LogP contribution in [0.1, 0.15) is 35.7 Å². The smallest absolute Gasteiger partial charge is 0.418 e. The Labute approximate surface area is 270 Å². The number of rotatable bonds is 8. The average molecular weight is 661 g/mol. The van der Waals surface area contributed by atoms with Gasteiger partial charge in [-0.15, -0.1) is 0 Å². The van der Waals surface area contributed by atoms with E-state index >= 15 is 0 Å². The molecule has 6 rings (SSSR count). The topological polar surface area (TPSA) is 103 Å². The van der Waals surface area contributed by atoms with Crippen LogP contribution in [0, 0.1) is 6.92 Å². The first-order chi connectivity index (χ1) is 22.3. The highest BCUT2D eigenvalue weighted by Gasteiger charge is 2.41. The normalized spacial score (nSPS) is 22.5. The highest BCUT2D eigenvalue weighted by Crippen LogP contribution is 2.44. The molecule has 2 atom stereocenters. The van der Waals surface area contributed by atoms with Crippen molar-refractivity contribution in [2.24, 2.45) is 0 Å². The number of aromatic nitrogens is 4. The summed E-state index contributed by atoms with van der Waals surface area (Å²) in [6, 6.07) is 1.39. The number of ether oxygens (including phenoxy) is 2. The molecule has 2 aromatic heterocycles. The van der Waals surface area contributed by atoms with Crippen LogP contribution in [-0.2, 0) is 28.7 Å². The molecule has 0 aliphatic carbocycles. The SMILES string of the molecule is COC/C=C/C(=O)N1CCN(c2nc(OC[C@@H]3CC(C)(F)CN3C)nc3c2CCN(c2c(C(F)(F)F)c(C)cc4[nH]ncc24)C3)CC1. The molecule has 5 heterocycles. The van der Waals surface area contributed by atoms with Gasteiger partial charge < -0.3 is 24.2 Å². The standard InChI is InChI=1S/C32H40F4N8O3/c1-20-14-24-23(16-37-40-24)28(27(20)32(34,35)36)44-8-7-22-25(17-44)38-30(47-18-21-15-31(2,33)19-41(21)3)39-29(22)43-11-9-42(10-12-43)26(45)6-5-13-46-4/h5-6,14,16,21H,7-13,15,17-19H2,1-4H3,(H,37,40)/b6-5+/t21-,31?/m0/s1. The first-order valence-electron chi connectivity index (χ1n) is 15.7. The van der Waals surface area contributed by atoms with Crippen molar-refractivity contribution in [3.8, 4) is 6.01 Å². The lowest BCUT2D eigenvalue weighted by Crippen LogP contribution is -2.49. The molecule has 1 aromatic carbocycles. The van der Waals surface area contributed by atoms with Gasteiger partial charge in [-0.05, 0) is 38.9 Å². The van der Waals surface area contributed by atoms with Crippen molar-refractivity contribution in [3.05, 3.63) is 46.8 Å². The summed E-state index contributed by atoms with van der Waals surface area (Å²) in [5.41, 5.74) is 0.0772. The van der Waals surface area contributed by atoms with Gasteiger partial charge in [0.15, 0.2) is 0 Å². The Morgan fingerprint density at radius 3 is 2.62 bits per heavy atom. The molecule has 11 nitrogen and oxygen atoms in total. The number of nitrogens with one attached hydrogen (secondary N) is 1. The molecular formula is C32H40F4N8O3. The third kappa shape index (κ3) is 6.86. The number of H-pyrrole nitrogens is 1. The zero-order valence-corrected chi connectivity index (χ0v) is 27.0. The molecule has 0 bridgehead atoms. The Balaban J connectivity index is 1.31. The summed E-state index contributed by atoms with van der Waals surface area (Å²) in [5.74, 6) is 0.548. The Morgan fingerprint density at radius 1 is 1.17 bits per heavy atom. The molecule has 47 heavy (non-hydrogen) atoms. The summed E-state index contributed by atoms with van der Waals surface area (Å²) in [6.07, 6.45) is 0.735. The third-order valence-electron chi connectivity index (χ3n) is 9.22. The number of piperazine rings is 1. The van der Waals surface area contributed by atoms with Crippen LogP contribution in [0.15, 0.2) is 24.4 Å². The zero-order valence-electron chi connectivity index (χ0n) is 27.0. The van der Waals surface area contributed by atoms with Gasteiger partial charge in [0.25, 0.3) is 0 Å². The molecule has 1 amide bonds. The van der Waals surface area contributed by atoms with Gasteiger partial charge in [-0.3, -0.25) is 14.8 Å². The maximum absolute atomic E-state index is 14.7. The monoisotopic (exact) mass is 660 g/mol. The van der Waals surface area contributed by atoms with Gasteiger partial charge >= 0.3 is 12.2 Å². The number of fused-ring (bicyclic) bond motifs is 2. The number of amides is 1. The van der Waals surface area contributed by atoms with E-state index in [4.69, 9.17) is 19.4 Å². The maximum Gasteiger partial charge on any atom is 0.418 e. The molecule has 2 saturated heterocycles. The molecule has 1 unspecified atom stereocenters. The number of carbonyl (C=O) groups is 1. The number of hydrogen-bond acceptors (Lipinski definition) is 9. The number of carbonyl (C=O) groups excluding carboxylic acids is 1. The van der Waals surface area contributed by atoms with Crippen LogP contribution < -0.4 is 14.5 Å². The van der Waals surface area contributed by atoms with E-state index in [9.17, 15) is 22.4 Å². The highest BCUT2D eigenvalue weighted by atomic mass is 19.4. The van der Waals surface area contributed by atoms with Gasteiger partial charge in [0.2, 0.25) is 5.91 Å².